The van der Waals surface area contributed by atoms with E-state index in [0.29, 0.717) is 0 Å². The van der Waals surface area contributed by atoms with Crippen LogP contribution in [-0.4, -0.2) is 20.4 Å². The van der Waals surface area contributed by atoms with Gasteiger partial charge in [-0.15, -0.1) is 16.4 Å². The Morgan fingerprint density at radius 1 is 1.21 bits per heavy atom. The SMILES string of the molecule is c1ccc(Cc2nc(CSc3cn[nH]n3)cs2)cc1. The number of H-pyrrole nitrogens is 1. The van der Waals surface area contributed by atoms with E-state index in [2.05, 4.69) is 50.0 Å². The summed E-state index contributed by atoms with van der Waals surface area (Å²) in [5, 5.41) is 14.6. The lowest BCUT2D eigenvalue weighted by Gasteiger charge is -1.96. The van der Waals surface area contributed by atoms with Gasteiger partial charge in [0.15, 0.2) is 0 Å². The summed E-state index contributed by atoms with van der Waals surface area (Å²) in [5.74, 6) is 0.831. The van der Waals surface area contributed by atoms with Crippen molar-refractivity contribution in [1.82, 2.24) is 20.4 Å². The van der Waals surface area contributed by atoms with Crippen LogP contribution in [-0.2, 0) is 12.2 Å². The minimum atomic E-state index is 0.831. The summed E-state index contributed by atoms with van der Waals surface area (Å²) in [6.07, 6.45) is 2.63. The Labute approximate surface area is 119 Å². The molecule has 1 aromatic carbocycles. The van der Waals surface area contributed by atoms with E-state index in [1.807, 2.05) is 6.07 Å². The minimum absolute atomic E-state index is 0.831. The lowest BCUT2D eigenvalue weighted by Crippen LogP contribution is -1.88. The molecule has 1 N–H and O–H groups in total. The van der Waals surface area contributed by atoms with Gasteiger partial charge in [-0.25, -0.2) is 4.98 Å². The summed E-state index contributed by atoms with van der Waals surface area (Å²) in [6.45, 7) is 0. The molecule has 96 valence electrons. The number of nitrogens with zero attached hydrogens (tertiary/aromatic N) is 3. The highest BCUT2D eigenvalue weighted by molar-refractivity contribution is 7.98. The van der Waals surface area contributed by atoms with Gasteiger partial charge in [0.25, 0.3) is 0 Å². The van der Waals surface area contributed by atoms with Crippen LogP contribution in [0.5, 0.6) is 0 Å². The Hall–Kier alpha value is -1.66. The number of rotatable bonds is 5. The highest BCUT2D eigenvalue weighted by atomic mass is 32.2. The average molecular weight is 288 g/mol. The highest BCUT2D eigenvalue weighted by Gasteiger charge is 2.05. The molecule has 0 radical (unpaired) electrons. The van der Waals surface area contributed by atoms with Crippen molar-refractivity contribution in [2.24, 2.45) is 0 Å². The number of hydrogen-bond acceptors (Lipinski definition) is 5. The van der Waals surface area contributed by atoms with Crippen molar-refractivity contribution in [2.75, 3.05) is 0 Å². The van der Waals surface area contributed by atoms with Crippen molar-refractivity contribution < 1.29 is 0 Å². The molecule has 0 aliphatic carbocycles. The molecule has 0 bridgehead atoms. The van der Waals surface area contributed by atoms with Gasteiger partial charge >= 0.3 is 0 Å². The normalized spacial score (nSPS) is 10.7. The first kappa shape index (κ1) is 12.4. The summed E-state index contributed by atoms with van der Waals surface area (Å²) in [6, 6.07) is 10.4. The van der Waals surface area contributed by atoms with Gasteiger partial charge in [-0.2, -0.15) is 10.3 Å². The van der Waals surface area contributed by atoms with Crippen molar-refractivity contribution in [3.8, 4) is 0 Å². The van der Waals surface area contributed by atoms with Gasteiger partial charge in [-0.05, 0) is 5.56 Å². The fourth-order valence-corrected chi connectivity index (χ4v) is 3.29. The Morgan fingerprint density at radius 2 is 2.11 bits per heavy atom. The van der Waals surface area contributed by atoms with Gasteiger partial charge in [-0.3, -0.25) is 0 Å². The van der Waals surface area contributed by atoms with E-state index in [0.717, 1.165) is 27.9 Å². The quantitative estimate of drug-likeness (QED) is 0.733. The third-order valence-corrected chi connectivity index (χ3v) is 4.39. The van der Waals surface area contributed by atoms with Crippen molar-refractivity contribution >= 4 is 23.1 Å². The van der Waals surface area contributed by atoms with Crippen molar-refractivity contribution in [3.05, 3.63) is 58.2 Å². The predicted octanol–water partition coefficient (Wildman–Crippen LogP) is 3.14. The highest BCUT2D eigenvalue weighted by Crippen LogP contribution is 2.22. The molecule has 19 heavy (non-hydrogen) atoms. The molecule has 2 aromatic heterocycles. The van der Waals surface area contributed by atoms with Crippen LogP contribution in [0.25, 0.3) is 0 Å². The van der Waals surface area contributed by atoms with Crippen molar-refractivity contribution in [2.45, 2.75) is 17.2 Å². The Balaban J connectivity index is 1.60. The zero-order valence-corrected chi connectivity index (χ0v) is 11.7. The third kappa shape index (κ3) is 3.42. The number of benzene rings is 1. The minimum Gasteiger partial charge on any atom is -0.245 e. The van der Waals surface area contributed by atoms with E-state index in [4.69, 9.17) is 0 Å². The number of aromatic amines is 1. The summed E-state index contributed by atoms with van der Waals surface area (Å²) >= 11 is 3.35. The number of thioether (sulfide) groups is 1. The largest absolute Gasteiger partial charge is 0.245 e. The fraction of sp³-hybridized carbons (Fsp3) is 0.154. The lowest BCUT2D eigenvalue weighted by molar-refractivity contribution is 0.910. The first-order valence-corrected chi connectivity index (χ1v) is 7.72. The topological polar surface area (TPSA) is 54.5 Å². The summed E-state index contributed by atoms with van der Waals surface area (Å²) in [4.78, 5) is 4.64. The zero-order chi connectivity index (χ0) is 12.9. The number of thiazole rings is 1. The maximum absolute atomic E-state index is 4.64. The Morgan fingerprint density at radius 3 is 2.89 bits per heavy atom. The zero-order valence-electron chi connectivity index (χ0n) is 10.1. The van der Waals surface area contributed by atoms with Gasteiger partial charge in [-0.1, -0.05) is 42.1 Å². The average Bonchev–Trinajstić information content (AvgIpc) is 3.09. The summed E-state index contributed by atoms with van der Waals surface area (Å²) < 4.78 is 0. The smallest absolute Gasteiger partial charge is 0.139 e. The van der Waals surface area contributed by atoms with E-state index >= 15 is 0 Å². The van der Waals surface area contributed by atoms with Crippen LogP contribution in [0.2, 0.25) is 0 Å². The molecule has 6 heteroatoms. The predicted molar refractivity (Wildman–Crippen MR) is 77.3 cm³/mol. The first-order valence-electron chi connectivity index (χ1n) is 5.86. The molecule has 0 saturated heterocycles. The van der Waals surface area contributed by atoms with Crippen molar-refractivity contribution in [3.63, 3.8) is 0 Å². The van der Waals surface area contributed by atoms with Crippen LogP contribution in [0.15, 0.2) is 46.9 Å². The Bertz CT molecular complexity index is 619. The lowest BCUT2D eigenvalue weighted by atomic mass is 10.2. The molecule has 0 aliphatic heterocycles. The maximum Gasteiger partial charge on any atom is 0.139 e. The molecule has 0 unspecified atom stereocenters. The third-order valence-electron chi connectivity index (χ3n) is 2.56. The number of hydrogen-bond donors (Lipinski definition) is 1. The van der Waals surface area contributed by atoms with E-state index in [1.54, 1.807) is 29.3 Å². The van der Waals surface area contributed by atoms with Crippen LogP contribution < -0.4 is 0 Å². The maximum atomic E-state index is 4.64. The summed E-state index contributed by atoms with van der Waals surface area (Å²) in [5.41, 5.74) is 2.40. The van der Waals surface area contributed by atoms with E-state index in [1.165, 1.54) is 5.56 Å². The van der Waals surface area contributed by atoms with E-state index in [-0.39, 0.29) is 0 Å². The summed E-state index contributed by atoms with van der Waals surface area (Å²) in [7, 11) is 0. The second-order valence-corrected chi connectivity index (χ2v) is 5.93. The van der Waals surface area contributed by atoms with Crippen LogP contribution >= 0.6 is 23.1 Å². The van der Waals surface area contributed by atoms with Gasteiger partial charge in [0.2, 0.25) is 0 Å². The van der Waals surface area contributed by atoms with Crippen LogP contribution in [0.4, 0.5) is 0 Å². The second-order valence-electron chi connectivity index (χ2n) is 3.99. The monoisotopic (exact) mass is 288 g/mol. The molecule has 0 atom stereocenters. The van der Waals surface area contributed by atoms with Crippen LogP contribution in [0, 0.1) is 0 Å². The molecule has 0 aliphatic rings. The molecule has 0 fully saturated rings. The number of nitrogens with one attached hydrogen (secondary N) is 1. The Kier molecular flexibility index (Phi) is 3.90. The van der Waals surface area contributed by atoms with Gasteiger partial charge in [0.05, 0.1) is 16.9 Å². The standard InChI is InChI=1S/C13H12N4S2/c1-2-4-10(5-3-1)6-12-15-11(8-18-12)9-19-13-7-14-17-16-13/h1-5,7-8H,6,9H2,(H,14,16,17). The molecular weight excluding hydrogens is 276 g/mol. The molecule has 3 aromatic rings. The first-order chi connectivity index (χ1) is 9.40. The molecule has 4 nitrogen and oxygen atoms in total. The van der Waals surface area contributed by atoms with Crippen LogP contribution in [0.3, 0.4) is 0 Å². The molecule has 0 spiro atoms. The van der Waals surface area contributed by atoms with Gasteiger partial charge in [0, 0.05) is 17.6 Å². The van der Waals surface area contributed by atoms with Crippen molar-refractivity contribution in [1.29, 1.82) is 0 Å². The fourth-order valence-electron chi connectivity index (χ4n) is 1.68. The van der Waals surface area contributed by atoms with Gasteiger partial charge < -0.3 is 0 Å². The second kappa shape index (κ2) is 5.99. The number of aromatic nitrogens is 4. The molecule has 3 rings (SSSR count). The molecule has 0 saturated carbocycles. The molecule has 2 heterocycles. The molecular formula is C13H12N4S2. The van der Waals surface area contributed by atoms with E-state index in [9.17, 15) is 0 Å². The van der Waals surface area contributed by atoms with Gasteiger partial charge in [0.1, 0.15) is 5.03 Å². The van der Waals surface area contributed by atoms with Crippen LogP contribution in [0.1, 0.15) is 16.3 Å². The molecule has 0 amide bonds. The van der Waals surface area contributed by atoms with E-state index < -0.39 is 0 Å².